The van der Waals surface area contributed by atoms with E-state index in [0.29, 0.717) is 11.1 Å². The first-order chi connectivity index (χ1) is 14.1. The van der Waals surface area contributed by atoms with Crippen LogP contribution in [-0.4, -0.2) is 22.4 Å². The van der Waals surface area contributed by atoms with Gasteiger partial charge in [0.15, 0.2) is 11.6 Å². The lowest BCUT2D eigenvalue weighted by atomic mass is 10.0. The smallest absolute Gasteiger partial charge is 0.212 e. The summed E-state index contributed by atoms with van der Waals surface area (Å²) >= 11 is 0. The molecule has 4 nitrogen and oxygen atoms in total. The molecular formula is C23H16F2N2O2. The zero-order valence-corrected chi connectivity index (χ0v) is 15.5. The average molecular weight is 390 g/mol. The van der Waals surface area contributed by atoms with E-state index in [1.165, 1.54) is 43.8 Å². The van der Waals surface area contributed by atoms with E-state index in [1.54, 1.807) is 22.9 Å². The third kappa shape index (κ3) is 3.65. The molecule has 0 aliphatic heterocycles. The average Bonchev–Trinajstić information content (AvgIpc) is 3.24. The highest BCUT2D eigenvalue weighted by Crippen LogP contribution is 2.33. The molecule has 0 spiro atoms. The quantitative estimate of drug-likeness (QED) is 0.448. The molecule has 0 radical (unpaired) electrons. The predicted octanol–water partition coefficient (Wildman–Crippen LogP) is 5.06. The molecule has 29 heavy (non-hydrogen) atoms. The number of rotatable bonds is 5. The molecule has 1 aromatic heterocycles. The Labute approximate surface area is 166 Å². The van der Waals surface area contributed by atoms with Crippen molar-refractivity contribution in [2.45, 2.75) is 0 Å². The number of benzene rings is 3. The first kappa shape index (κ1) is 18.6. The molecular weight excluding hydrogens is 374 g/mol. The van der Waals surface area contributed by atoms with Gasteiger partial charge < -0.3 is 9.30 Å². The van der Waals surface area contributed by atoms with Crippen LogP contribution in [0.2, 0.25) is 0 Å². The van der Waals surface area contributed by atoms with Crippen LogP contribution in [0.3, 0.4) is 0 Å². The van der Waals surface area contributed by atoms with Crippen molar-refractivity contribution in [3.05, 3.63) is 102 Å². The predicted molar refractivity (Wildman–Crippen MR) is 105 cm³/mol. The Morgan fingerprint density at radius 3 is 2.52 bits per heavy atom. The summed E-state index contributed by atoms with van der Waals surface area (Å²) in [4.78, 5) is 16.7. The first-order valence-electron chi connectivity index (χ1n) is 8.84. The molecule has 4 rings (SSSR count). The van der Waals surface area contributed by atoms with Crippen LogP contribution in [0.5, 0.6) is 5.75 Å². The van der Waals surface area contributed by atoms with Crippen molar-refractivity contribution in [3.8, 4) is 22.6 Å². The van der Waals surface area contributed by atoms with Gasteiger partial charge in [0, 0.05) is 23.0 Å². The van der Waals surface area contributed by atoms with E-state index in [1.807, 2.05) is 24.3 Å². The largest absolute Gasteiger partial charge is 0.493 e. The van der Waals surface area contributed by atoms with Crippen LogP contribution in [-0.2, 0) is 0 Å². The first-order valence-corrected chi connectivity index (χ1v) is 8.84. The fraction of sp³-hybridized carbons (Fsp3) is 0.0435. The van der Waals surface area contributed by atoms with Crippen molar-refractivity contribution in [3.63, 3.8) is 0 Å². The van der Waals surface area contributed by atoms with Crippen LogP contribution in [0.4, 0.5) is 8.78 Å². The molecule has 0 saturated heterocycles. The van der Waals surface area contributed by atoms with Crippen LogP contribution >= 0.6 is 0 Å². The summed E-state index contributed by atoms with van der Waals surface area (Å²) in [6.45, 7) is 0. The highest BCUT2D eigenvalue weighted by Gasteiger charge is 2.14. The van der Waals surface area contributed by atoms with Gasteiger partial charge in [-0.3, -0.25) is 4.79 Å². The SMILES string of the molecule is COc1c(F)cccc1-c1cccc(-n2cnc(C(=O)c3ccc(F)cc3)c2)c1. The van der Waals surface area contributed by atoms with Crippen LogP contribution in [0.25, 0.3) is 16.8 Å². The maximum absolute atomic E-state index is 14.0. The standard InChI is InChI=1S/C23H16F2N2O2/c1-29-23-19(6-3-7-20(23)25)16-4-2-5-18(12-16)27-13-21(26-14-27)22(28)15-8-10-17(24)11-9-15/h2-14H,1H3. The summed E-state index contributed by atoms with van der Waals surface area (Å²) < 4.78 is 34.0. The molecule has 0 unspecified atom stereocenters. The Bertz CT molecular complexity index is 1180. The number of aromatic nitrogens is 2. The topological polar surface area (TPSA) is 44.1 Å². The maximum atomic E-state index is 14.0. The van der Waals surface area contributed by atoms with Gasteiger partial charge in [0.2, 0.25) is 5.78 Å². The Morgan fingerprint density at radius 1 is 1.00 bits per heavy atom. The zero-order valence-electron chi connectivity index (χ0n) is 15.5. The number of hydrogen-bond acceptors (Lipinski definition) is 3. The summed E-state index contributed by atoms with van der Waals surface area (Å²) in [6.07, 6.45) is 3.13. The van der Waals surface area contributed by atoms with E-state index < -0.39 is 11.6 Å². The lowest BCUT2D eigenvalue weighted by Crippen LogP contribution is -2.01. The molecule has 0 N–H and O–H groups in total. The molecule has 6 heteroatoms. The van der Waals surface area contributed by atoms with Crippen molar-refractivity contribution in [1.82, 2.24) is 9.55 Å². The van der Waals surface area contributed by atoms with E-state index in [-0.39, 0.29) is 17.2 Å². The summed E-state index contributed by atoms with van der Waals surface area (Å²) in [5.74, 6) is -0.976. The number of methoxy groups -OCH3 is 1. The number of nitrogens with zero attached hydrogens (tertiary/aromatic N) is 2. The minimum Gasteiger partial charge on any atom is -0.493 e. The third-order valence-corrected chi connectivity index (χ3v) is 4.55. The number of ketones is 1. The van der Waals surface area contributed by atoms with Gasteiger partial charge >= 0.3 is 0 Å². The number of hydrogen-bond donors (Lipinski definition) is 0. The molecule has 144 valence electrons. The second kappa shape index (κ2) is 7.67. The molecule has 3 aromatic carbocycles. The van der Waals surface area contributed by atoms with Crippen molar-refractivity contribution >= 4 is 5.78 Å². The summed E-state index contributed by atoms with van der Waals surface area (Å²) in [5, 5.41) is 0. The van der Waals surface area contributed by atoms with E-state index in [0.717, 1.165) is 11.3 Å². The van der Waals surface area contributed by atoms with Gasteiger partial charge in [-0.15, -0.1) is 0 Å². The lowest BCUT2D eigenvalue weighted by molar-refractivity contribution is 0.103. The molecule has 0 atom stereocenters. The highest BCUT2D eigenvalue weighted by molar-refractivity contribution is 6.07. The Hall–Kier alpha value is -3.80. The summed E-state index contributed by atoms with van der Waals surface area (Å²) in [5.41, 5.74) is 2.73. The zero-order chi connectivity index (χ0) is 20.4. The Morgan fingerprint density at radius 2 is 1.76 bits per heavy atom. The minimum absolute atomic E-state index is 0.169. The van der Waals surface area contributed by atoms with E-state index in [4.69, 9.17) is 4.74 Å². The van der Waals surface area contributed by atoms with Crippen molar-refractivity contribution in [2.75, 3.05) is 7.11 Å². The molecule has 0 bridgehead atoms. The lowest BCUT2D eigenvalue weighted by Gasteiger charge is -2.11. The molecule has 0 aliphatic carbocycles. The van der Waals surface area contributed by atoms with Crippen molar-refractivity contribution in [2.24, 2.45) is 0 Å². The maximum Gasteiger partial charge on any atom is 0.212 e. The fourth-order valence-corrected chi connectivity index (χ4v) is 3.11. The number of imidazole rings is 1. The number of halogens is 2. The number of carbonyl (C=O) groups excluding carboxylic acids is 1. The van der Waals surface area contributed by atoms with Crippen molar-refractivity contribution in [1.29, 1.82) is 0 Å². The van der Waals surface area contributed by atoms with E-state index >= 15 is 0 Å². The van der Waals surface area contributed by atoms with E-state index in [9.17, 15) is 13.6 Å². The number of carbonyl (C=O) groups is 1. The summed E-state index contributed by atoms with van der Waals surface area (Å²) in [6, 6.07) is 17.4. The second-order valence-corrected chi connectivity index (χ2v) is 6.37. The molecule has 1 heterocycles. The van der Waals surface area contributed by atoms with E-state index in [2.05, 4.69) is 4.98 Å². The van der Waals surface area contributed by atoms with Crippen LogP contribution in [0, 0.1) is 11.6 Å². The van der Waals surface area contributed by atoms with Crippen LogP contribution < -0.4 is 4.74 Å². The monoisotopic (exact) mass is 390 g/mol. The number of ether oxygens (including phenoxy) is 1. The highest BCUT2D eigenvalue weighted by atomic mass is 19.1. The summed E-state index contributed by atoms with van der Waals surface area (Å²) in [7, 11) is 1.43. The van der Waals surface area contributed by atoms with Gasteiger partial charge in [-0.05, 0) is 48.0 Å². The van der Waals surface area contributed by atoms with Gasteiger partial charge in [0.1, 0.15) is 17.8 Å². The molecule has 4 aromatic rings. The van der Waals surface area contributed by atoms with Gasteiger partial charge in [-0.1, -0.05) is 24.3 Å². The molecule has 0 amide bonds. The molecule has 0 aliphatic rings. The second-order valence-electron chi connectivity index (χ2n) is 6.37. The minimum atomic E-state index is -0.440. The van der Waals surface area contributed by atoms with Gasteiger partial charge in [-0.2, -0.15) is 0 Å². The van der Waals surface area contributed by atoms with Crippen LogP contribution in [0.1, 0.15) is 16.1 Å². The van der Waals surface area contributed by atoms with Crippen molar-refractivity contribution < 1.29 is 18.3 Å². The Balaban J connectivity index is 1.67. The molecule has 0 fully saturated rings. The third-order valence-electron chi connectivity index (χ3n) is 4.55. The fourth-order valence-electron chi connectivity index (χ4n) is 3.11. The number of para-hydroxylation sites is 1. The Kier molecular flexibility index (Phi) is 4.91. The molecule has 0 saturated carbocycles. The van der Waals surface area contributed by atoms with Crippen LogP contribution in [0.15, 0.2) is 79.3 Å². The van der Waals surface area contributed by atoms with Gasteiger partial charge in [-0.25, -0.2) is 13.8 Å². The normalized spacial score (nSPS) is 10.7. The van der Waals surface area contributed by atoms with Gasteiger partial charge in [0.05, 0.1) is 7.11 Å². The van der Waals surface area contributed by atoms with Gasteiger partial charge in [0.25, 0.3) is 0 Å².